The summed E-state index contributed by atoms with van der Waals surface area (Å²) in [4.78, 5) is 0. The van der Waals surface area contributed by atoms with E-state index in [1.54, 1.807) is 0 Å². The van der Waals surface area contributed by atoms with Crippen molar-refractivity contribution in [1.82, 2.24) is 0 Å². The molecule has 0 aliphatic heterocycles. The zero-order valence-electron chi connectivity index (χ0n) is 5.55. The molecule has 12 heavy (non-hydrogen) atoms. The van der Waals surface area contributed by atoms with Crippen LogP contribution in [0.15, 0.2) is 16.6 Å². The van der Waals surface area contributed by atoms with Gasteiger partial charge in [-0.1, -0.05) is 0 Å². The summed E-state index contributed by atoms with van der Waals surface area (Å²) in [5, 5.41) is 9.16. The van der Waals surface area contributed by atoms with E-state index in [0.29, 0.717) is 16.0 Å². The van der Waals surface area contributed by atoms with E-state index in [1.807, 2.05) is 0 Å². The Balaban J connectivity index is 3.22. The number of hydrogen-bond acceptors (Lipinski definition) is 3. The quantitative estimate of drug-likeness (QED) is 0.874. The maximum atomic E-state index is 9.16. The van der Waals surface area contributed by atoms with E-state index in [4.69, 9.17) is 12.8 Å². The van der Waals surface area contributed by atoms with E-state index in [-0.39, 0.29) is 5.75 Å². The van der Waals surface area contributed by atoms with Crippen LogP contribution in [0.3, 0.4) is 0 Å². The molecule has 0 fully saturated rings. The van der Waals surface area contributed by atoms with Crippen molar-refractivity contribution in [2.24, 2.45) is 0 Å². The normalized spacial score (nSPS) is 9.58. The number of phenols is 1. The number of benzene rings is 1. The van der Waals surface area contributed by atoms with Crippen LogP contribution < -0.4 is 7.66 Å². The molecule has 0 unspecified atom stereocenters. The Labute approximate surface area is 94.7 Å². The van der Waals surface area contributed by atoms with Crippen LogP contribution in [-0.2, 0) is 0 Å². The maximum absolute atomic E-state index is 9.16. The Morgan fingerprint density at radius 1 is 1.08 bits per heavy atom. The summed E-state index contributed by atoms with van der Waals surface area (Å²) < 4.78 is 10.2. The number of halogens is 3. The van der Waals surface area contributed by atoms with Crippen molar-refractivity contribution in [3.8, 4) is 17.2 Å². The van der Waals surface area contributed by atoms with E-state index < -0.39 is 0 Å². The highest BCUT2D eigenvalue weighted by Gasteiger charge is 2.10. The first-order valence-corrected chi connectivity index (χ1v) is 4.87. The van der Waals surface area contributed by atoms with E-state index in [1.165, 1.54) is 12.1 Å². The molecule has 3 nitrogen and oxygen atoms in total. The Hall–Kier alpha value is 0.0600. The number of phenolic OH excluding ortho intramolecular Hbond substituents is 1. The zero-order chi connectivity index (χ0) is 9.14. The Morgan fingerprint density at radius 2 is 1.50 bits per heavy atom. The molecule has 0 saturated carbocycles. The third kappa shape index (κ3) is 2.05. The summed E-state index contributed by atoms with van der Waals surface area (Å²) in [7, 11) is 0. The summed E-state index contributed by atoms with van der Waals surface area (Å²) >= 11 is 8.80. The molecule has 1 rings (SSSR count). The fourth-order valence-corrected chi connectivity index (χ4v) is 2.01. The molecule has 0 bridgehead atoms. The molecule has 0 aliphatic rings. The highest BCUT2D eigenvalue weighted by molar-refractivity contribution is 9.10. The predicted molar refractivity (Wildman–Crippen MR) is 54.9 cm³/mol. The smallest absolute Gasteiger partial charge is 0.179 e. The highest BCUT2D eigenvalue weighted by atomic mass is 79.9. The van der Waals surface area contributed by atoms with Crippen LogP contribution in [0.1, 0.15) is 0 Å². The zero-order valence-corrected chi connectivity index (χ0v) is 10.3. The van der Waals surface area contributed by atoms with Gasteiger partial charge < -0.3 is 12.8 Å². The van der Waals surface area contributed by atoms with Crippen LogP contribution in [0.25, 0.3) is 0 Å². The van der Waals surface area contributed by atoms with Crippen molar-refractivity contribution in [3.63, 3.8) is 0 Å². The van der Waals surface area contributed by atoms with E-state index in [9.17, 15) is 0 Å². The summed E-state index contributed by atoms with van der Waals surface area (Å²) in [6.45, 7) is 0. The number of aromatic hydroxyl groups is 1. The fraction of sp³-hybridized carbons (Fsp3) is 0. The van der Waals surface area contributed by atoms with Crippen molar-refractivity contribution >= 4 is 48.4 Å². The fourth-order valence-electron chi connectivity index (χ4n) is 0.671. The van der Waals surface area contributed by atoms with Crippen LogP contribution in [0, 0.1) is 0 Å². The lowest BCUT2D eigenvalue weighted by atomic mass is 10.3. The summed E-state index contributed by atoms with van der Waals surface area (Å²) in [5.74, 6) is 0.927. The summed E-state index contributed by atoms with van der Waals surface area (Å²) in [6.07, 6.45) is 0. The van der Waals surface area contributed by atoms with Gasteiger partial charge in [-0.15, -0.1) is 0 Å². The van der Waals surface area contributed by atoms with Gasteiger partial charge in [-0.2, -0.15) is 0 Å². The minimum Gasteiger partial charge on any atom is -0.508 e. The standard InChI is InChI=1S/C6H3Br3O3/c7-6-4(11-8)1-3(10)2-5(6)12-9/h1-2,10H. The second-order valence-electron chi connectivity index (χ2n) is 1.91. The Morgan fingerprint density at radius 3 is 1.83 bits per heavy atom. The molecule has 0 amide bonds. The molecule has 0 spiro atoms. The lowest BCUT2D eigenvalue weighted by Gasteiger charge is -2.05. The van der Waals surface area contributed by atoms with Gasteiger partial charge in [0.05, 0.1) is 0 Å². The minimum atomic E-state index is 0.0575. The molecule has 1 aromatic rings. The van der Waals surface area contributed by atoms with Crippen LogP contribution in [0.5, 0.6) is 17.2 Å². The first-order valence-electron chi connectivity index (χ1n) is 2.78. The third-order valence-corrected chi connectivity index (χ3v) is 2.64. The van der Waals surface area contributed by atoms with Crippen LogP contribution in [0.4, 0.5) is 0 Å². The van der Waals surface area contributed by atoms with Gasteiger partial charge in [0.15, 0.2) is 44.0 Å². The molecule has 0 saturated heterocycles. The van der Waals surface area contributed by atoms with Crippen LogP contribution in [0.2, 0.25) is 0 Å². The van der Waals surface area contributed by atoms with Gasteiger partial charge >= 0.3 is 0 Å². The van der Waals surface area contributed by atoms with Crippen molar-refractivity contribution < 1.29 is 12.8 Å². The Bertz CT molecular complexity index is 264. The SMILES string of the molecule is Oc1cc(OBr)c(Br)c(OBr)c1. The topological polar surface area (TPSA) is 38.7 Å². The molecule has 1 N–H and O–H groups in total. The van der Waals surface area contributed by atoms with Crippen molar-refractivity contribution in [1.29, 1.82) is 0 Å². The monoisotopic (exact) mass is 360 g/mol. The van der Waals surface area contributed by atoms with Gasteiger partial charge in [0, 0.05) is 12.1 Å². The molecular formula is C6H3Br3O3. The van der Waals surface area contributed by atoms with Gasteiger partial charge in [-0.25, -0.2) is 0 Å². The van der Waals surface area contributed by atoms with Crippen molar-refractivity contribution in [3.05, 3.63) is 16.6 Å². The summed E-state index contributed by atoms with van der Waals surface area (Å²) in [5.41, 5.74) is 0. The lowest BCUT2D eigenvalue weighted by Crippen LogP contribution is -1.81. The van der Waals surface area contributed by atoms with E-state index >= 15 is 0 Å². The van der Waals surface area contributed by atoms with E-state index in [0.717, 1.165) is 0 Å². The van der Waals surface area contributed by atoms with Gasteiger partial charge in [0.2, 0.25) is 0 Å². The maximum Gasteiger partial charge on any atom is 0.179 e. The summed E-state index contributed by atoms with van der Waals surface area (Å²) in [6, 6.07) is 2.88. The van der Waals surface area contributed by atoms with Gasteiger partial charge in [0.1, 0.15) is 10.2 Å². The second-order valence-corrected chi connectivity index (χ2v) is 3.35. The minimum absolute atomic E-state index is 0.0575. The van der Waals surface area contributed by atoms with E-state index in [2.05, 4.69) is 48.4 Å². The highest BCUT2D eigenvalue weighted by Crippen LogP contribution is 2.39. The largest absolute Gasteiger partial charge is 0.508 e. The first kappa shape index (κ1) is 10.1. The molecule has 66 valence electrons. The average Bonchev–Trinajstić information content (AvgIpc) is 2.08. The molecule has 0 aliphatic carbocycles. The Kier molecular flexibility index (Phi) is 3.67. The van der Waals surface area contributed by atoms with Gasteiger partial charge in [-0.05, 0) is 15.9 Å². The molecule has 0 radical (unpaired) electrons. The lowest BCUT2D eigenvalue weighted by molar-refractivity contribution is 0.469. The average molecular weight is 363 g/mol. The molecule has 0 aromatic heterocycles. The number of rotatable bonds is 2. The number of hydrogen-bond donors (Lipinski definition) is 1. The van der Waals surface area contributed by atoms with Crippen LogP contribution in [-0.4, -0.2) is 5.11 Å². The van der Waals surface area contributed by atoms with Gasteiger partial charge in [-0.3, -0.25) is 0 Å². The van der Waals surface area contributed by atoms with Crippen molar-refractivity contribution in [2.45, 2.75) is 0 Å². The molecular weight excluding hydrogens is 360 g/mol. The molecule has 6 heteroatoms. The third-order valence-electron chi connectivity index (χ3n) is 1.16. The molecule has 0 heterocycles. The first-order chi connectivity index (χ1) is 5.69. The van der Waals surface area contributed by atoms with Crippen molar-refractivity contribution in [2.75, 3.05) is 0 Å². The molecule has 0 atom stereocenters. The molecule has 1 aromatic carbocycles. The van der Waals surface area contributed by atoms with Gasteiger partial charge in [0.25, 0.3) is 0 Å². The predicted octanol–water partition coefficient (Wildman–Crippen LogP) is 3.53. The van der Waals surface area contributed by atoms with Crippen LogP contribution >= 0.6 is 48.4 Å². The second kappa shape index (κ2) is 4.34.